The summed E-state index contributed by atoms with van der Waals surface area (Å²) in [5, 5.41) is 4.46. The van der Waals surface area contributed by atoms with Crippen LogP contribution in [0.15, 0.2) is 47.9 Å². The summed E-state index contributed by atoms with van der Waals surface area (Å²) < 4.78 is 0. The third-order valence-electron chi connectivity index (χ3n) is 6.67. The Morgan fingerprint density at radius 2 is 1.79 bits per heavy atom. The lowest BCUT2D eigenvalue weighted by molar-refractivity contribution is -0.138. The number of carbonyl (C=O) groups is 1. The predicted octanol–water partition coefficient (Wildman–Crippen LogP) is 3.34. The van der Waals surface area contributed by atoms with Crippen LogP contribution in [0.4, 0.5) is 5.82 Å². The lowest BCUT2D eigenvalue weighted by Crippen LogP contribution is -2.46. The molecule has 4 heterocycles. The molecule has 2 aliphatic rings. The summed E-state index contributed by atoms with van der Waals surface area (Å²) in [6.07, 6.45) is 7.13. The zero-order valence-corrected chi connectivity index (χ0v) is 20.3. The van der Waals surface area contributed by atoms with E-state index in [1.807, 2.05) is 44.2 Å². The molecule has 4 rings (SSSR count). The second kappa shape index (κ2) is 11.4. The van der Waals surface area contributed by atoms with Crippen molar-refractivity contribution in [1.29, 1.82) is 0 Å². The molecule has 2 fully saturated rings. The molecule has 2 aromatic rings. The third-order valence-corrected chi connectivity index (χ3v) is 6.67. The molecule has 8 nitrogen and oxygen atoms in total. The number of piperidine rings is 2. The van der Waals surface area contributed by atoms with Crippen LogP contribution >= 0.6 is 0 Å². The molecule has 2 aliphatic heterocycles. The Hall–Kier alpha value is -3.00. The zero-order valence-electron chi connectivity index (χ0n) is 20.3. The highest BCUT2D eigenvalue weighted by Crippen LogP contribution is 2.27. The standard InChI is InChI=1S/C26H36N6O2/c1-19(2)34-30-25(23-5-3-4-11-28-23)21-9-15-32(16-10-21)26(33)22-7-13-31(14-8-22)18-20-6-12-29-24(27)17-20/h3-6,11-12,17,19,21-22H,7-10,13-16,18H2,1-2H3,(H2,27,29)/b30-25+. The fourth-order valence-electron chi connectivity index (χ4n) is 4.83. The van der Waals surface area contributed by atoms with Gasteiger partial charge in [0.2, 0.25) is 5.91 Å². The Kier molecular flexibility index (Phi) is 8.11. The minimum atomic E-state index is 0.0159. The van der Waals surface area contributed by atoms with Gasteiger partial charge in [-0.1, -0.05) is 11.2 Å². The van der Waals surface area contributed by atoms with Gasteiger partial charge in [-0.2, -0.15) is 0 Å². The van der Waals surface area contributed by atoms with Crippen molar-refractivity contribution in [1.82, 2.24) is 19.8 Å². The Morgan fingerprint density at radius 3 is 2.44 bits per heavy atom. The molecule has 0 aromatic carbocycles. The lowest BCUT2D eigenvalue weighted by Gasteiger charge is -2.37. The number of anilines is 1. The van der Waals surface area contributed by atoms with E-state index in [2.05, 4.69) is 24.9 Å². The van der Waals surface area contributed by atoms with Gasteiger partial charge in [0.1, 0.15) is 17.6 Å². The quantitative estimate of drug-likeness (QED) is 0.499. The van der Waals surface area contributed by atoms with Crippen LogP contribution in [-0.4, -0.2) is 63.7 Å². The second-order valence-corrected chi connectivity index (χ2v) is 9.58. The molecule has 8 heteroatoms. The van der Waals surface area contributed by atoms with Crippen molar-refractivity contribution in [2.45, 2.75) is 52.2 Å². The van der Waals surface area contributed by atoms with Gasteiger partial charge in [-0.05, 0) is 82.4 Å². The van der Waals surface area contributed by atoms with E-state index in [1.165, 1.54) is 5.56 Å². The summed E-state index contributed by atoms with van der Waals surface area (Å²) in [6, 6.07) is 9.79. The Labute approximate surface area is 202 Å². The largest absolute Gasteiger partial charge is 0.393 e. The number of aromatic nitrogens is 2. The van der Waals surface area contributed by atoms with E-state index >= 15 is 0 Å². The summed E-state index contributed by atoms with van der Waals surface area (Å²) in [5.74, 6) is 1.22. The van der Waals surface area contributed by atoms with Crippen LogP contribution in [0.2, 0.25) is 0 Å². The van der Waals surface area contributed by atoms with Crippen molar-refractivity contribution in [3.05, 3.63) is 54.0 Å². The van der Waals surface area contributed by atoms with Crippen molar-refractivity contribution < 1.29 is 9.63 Å². The zero-order chi connectivity index (χ0) is 23.9. The number of nitrogen functional groups attached to an aromatic ring is 1. The van der Waals surface area contributed by atoms with Gasteiger partial charge in [0.25, 0.3) is 0 Å². The van der Waals surface area contributed by atoms with Crippen LogP contribution in [0.5, 0.6) is 0 Å². The minimum absolute atomic E-state index is 0.0159. The number of amides is 1. The van der Waals surface area contributed by atoms with E-state index in [0.29, 0.717) is 11.7 Å². The Balaban J connectivity index is 1.29. The molecule has 0 bridgehead atoms. The van der Waals surface area contributed by atoms with Crippen LogP contribution in [0.1, 0.15) is 50.8 Å². The summed E-state index contributed by atoms with van der Waals surface area (Å²) in [6.45, 7) is 8.17. The van der Waals surface area contributed by atoms with Gasteiger partial charge in [-0.3, -0.25) is 14.7 Å². The molecule has 0 aliphatic carbocycles. The van der Waals surface area contributed by atoms with Crippen molar-refractivity contribution in [2.75, 3.05) is 31.9 Å². The molecule has 182 valence electrons. The first-order valence-corrected chi connectivity index (χ1v) is 12.4. The fourth-order valence-corrected chi connectivity index (χ4v) is 4.83. The number of hydrogen-bond acceptors (Lipinski definition) is 7. The summed E-state index contributed by atoms with van der Waals surface area (Å²) in [5.41, 5.74) is 8.73. The second-order valence-electron chi connectivity index (χ2n) is 9.58. The van der Waals surface area contributed by atoms with E-state index in [4.69, 9.17) is 10.6 Å². The topological polar surface area (TPSA) is 96.9 Å². The first-order chi connectivity index (χ1) is 16.5. The Morgan fingerprint density at radius 1 is 1.06 bits per heavy atom. The number of carbonyl (C=O) groups excluding carboxylic acids is 1. The molecule has 1 amide bonds. The number of nitrogens with zero attached hydrogens (tertiary/aromatic N) is 5. The summed E-state index contributed by atoms with van der Waals surface area (Å²) in [4.78, 5) is 31.8. The number of hydrogen-bond donors (Lipinski definition) is 1. The van der Waals surface area contributed by atoms with Gasteiger partial charge >= 0.3 is 0 Å². The molecule has 0 saturated carbocycles. The van der Waals surface area contributed by atoms with Crippen LogP contribution in [0, 0.1) is 11.8 Å². The van der Waals surface area contributed by atoms with E-state index in [-0.39, 0.29) is 17.9 Å². The molecule has 0 spiro atoms. The monoisotopic (exact) mass is 464 g/mol. The van der Waals surface area contributed by atoms with Gasteiger partial charge in [0, 0.05) is 43.9 Å². The van der Waals surface area contributed by atoms with Crippen molar-refractivity contribution in [3.63, 3.8) is 0 Å². The van der Waals surface area contributed by atoms with E-state index in [1.54, 1.807) is 12.4 Å². The summed E-state index contributed by atoms with van der Waals surface area (Å²) in [7, 11) is 0. The molecular weight excluding hydrogens is 428 g/mol. The first kappa shape index (κ1) is 24.1. The number of oxime groups is 1. The molecule has 0 unspecified atom stereocenters. The van der Waals surface area contributed by atoms with Gasteiger partial charge < -0.3 is 15.5 Å². The summed E-state index contributed by atoms with van der Waals surface area (Å²) >= 11 is 0. The molecule has 0 radical (unpaired) electrons. The predicted molar refractivity (Wildman–Crippen MR) is 133 cm³/mol. The smallest absolute Gasteiger partial charge is 0.225 e. The normalized spacial score (nSPS) is 18.9. The van der Waals surface area contributed by atoms with Crippen molar-refractivity contribution in [3.8, 4) is 0 Å². The number of nitrogens with two attached hydrogens (primary N) is 1. The van der Waals surface area contributed by atoms with E-state index in [9.17, 15) is 4.79 Å². The van der Waals surface area contributed by atoms with Crippen LogP contribution < -0.4 is 5.73 Å². The number of rotatable bonds is 7. The third kappa shape index (κ3) is 6.32. The highest BCUT2D eigenvalue weighted by molar-refractivity contribution is 6.00. The minimum Gasteiger partial charge on any atom is -0.393 e. The average molecular weight is 465 g/mol. The average Bonchev–Trinajstić information content (AvgIpc) is 2.85. The van der Waals surface area contributed by atoms with E-state index < -0.39 is 0 Å². The molecular formula is C26H36N6O2. The molecule has 2 saturated heterocycles. The first-order valence-electron chi connectivity index (χ1n) is 12.4. The molecule has 0 atom stereocenters. The maximum atomic E-state index is 13.2. The highest BCUT2D eigenvalue weighted by atomic mass is 16.6. The lowest BCUT2D eigenvalue weighted by atomic mass is 9.88. The maximum Gasteiger partial charge on any atom is 0.225 e. The highest BCUT2D eigenvalue weighted by Gasteiger charge is 2.32. The Bertz CT molecular complexity index is 964. The van der Waals surface area contributed by atoms with Crippen molar-refractivity contribution in [2.24, 2.45) is 17.0 Å². The number of likely N-dealkylation sites (tertiary alicyclic amines) is 2. The maximum absolute atomic E-state index is 13.2. The number of pyridine rings is 2. The van der Waals surface area contributed by atoms with Crippen molar-refractivity contribution >= 4 is 17.4 Å². The SMILES string of the molecule is CC(C)O/N=C(/c1ccccn1)C1CCN(C(=O)C2CCN(Cc3ccnc(N)c3)CC2)CC1. The van der Waals surface area contributed by atoms with Crippen LogP contribution in [-0.2, 0) is 16.2 Å². The van der Waals surface area contributed by atoms with E-state index in [0.717, 1.165) is 69.8 Å². The van der Waals surface area contributed by atoms with Gasteiger partial charge in [-0.25, -0.2) is 4.98 Å². The fraction of sp³-hybridized carbons (Fsp3) is 0.538. The molecule has 2 N–H and O–H groups in total. The van der Waals surface area contributed by atoms with Gasteiger partial charge in [0.05, 0.1) is 5.69 Å². The van der Waals surface area contributed by atoms with Crippen LogP contribution in [0.25, 0.3) is 0 Å². The van der Waals surface area contributed by atoms with Crippen LogP contribution in [0.3, 0.4) is 0 Å². The van der Waals surface area contributed by atoms with Gasteiger partial charge in [0.15, 0.2) is 0 Å². The molecule has 34 heavy (non-hydrogen) atoms. The molecule has 2 aromatic heterocycles. The van der Waals surface area contributed by atoms with Gasteiger partial charge in [-0.15, -0.1) is 0 Å².